The molecule has 0 aliphatic carbocycles. The highest BCUT2D eigenvalue weighted by molar-refractivity contribution is 6.32. The van der Waals surface area contributed by atoms with E-state index in [9.17, 15) is 9.59 Å². The molecular formula is C24H21ClO4. The Morgan fingerprint density at radius 2 is 1.31 bits per heavy atom. The third-order valence-electron chi connectivity index (χ3n) is 4.22. The van der Waals surface area contributed by atoms with Gasteiger partial charge in [0.1, 0.15) is 30.5 Å². The van der Waals surface area contributed by atoms with Gasteiger partial charge in [-0.2, -0.15) is 0 Å². The summed E-state index contributed by atoms with van der Waals surface area (Å²) in [6.07, 6.45) is -0.206. The molecule has 0 atom stereocenters. The van der Waals surface area contributed by atoms with Crippen molar-refractivity contribution in [3.05, 3.63) is 94.5 Å². The van der Waals surface area contributed by atoms with Crippen LogP contribution in [-0.4, -0.2) is 11.6 Å². The van der Waals surface area contributed by atoms with Gasteiger partial charge < -0.3 is 9.47 Å². The third-order valence-corrected chi connectivity index (χ3v) is 4.51. The highest BCUT2D eigenvalue weighted by Gasteiger charge is 2.19. The van der Waals surface area contributed by atoms with Crippen molar-refractivity contribution in [3.8, 4) is 11.5 Å². The van der Waals surface area contributed by atoms with Gasteiger partial charge in [-0.25, -0.2) is 0 Å². The number of rotatable bonds is 9. The Kier molecular flexibility index (Phi) is 7.04. The average molecular weight is 409 g/mol. The van der Waals surface area contributed by atoms with Crippen LogP contribution in [-0.2, 0) is 18.0 Å². The fourth-order valence-electron chi connectivity index (χ4n) is 2.77. The monoisotopic (exact) mass is 408 g/mol. The van der Waals surface area contributed by atoms with Crippen LogP contribution in [0.2, 0.25) is 5.02 Å². The molecule has 4 nitrogen and oxygen atoms in total. The van der Waals surface area contributed by atoms with E-state index < -0.39 is 0 Å². The molecule has 0 radical (unpaired) electrons. The van der Waals surface area contributed by atoms with Gasteiger partial charge in [-0.05, 0) is 24.1 Å². The molecule has 0 fully saturated rings. The van der Waals surface area contributed by atoms with Crippen LogP contribution < -0.4 is 9.47 Å². The van der Waals surface area contributed by atoms with E-state index in [2.05, 4.69) is 0 Å². The van der Waals surface area contributed by atoms with Crippen LogP contribution >= 0.6 is 11.6 Å². The highest BCUT2D eigenvalue weighted by Crippen LogP contribution is 2.34. The molecule has 0 aromatic heterocycles. The molecule has 0 aliphatic heterocycles. The molecule has 0 unspecified atom stereocenters. The number of carbonyl (C=O) groups excluding carboxylic acids is 2. The smallest absolute Gasteiger partial charge is 0.173 e. The minimum Gasteiger partial charge on any atom is -0.488 e. The largest absolute Gasteiger partial charge is 0.488 e. The minimum atomic E-state index is -0.336. The lowest BCUT2D eigenvalue weighted by atomic mass is 10.0. The fraction of sp³-hybridized carbons (Fsp3) is 0.167. The van der Waals surface area contributed by atoms with Crippen molar-refractivity contribution in [1.82, 2.24) is 0 Å². The van der Waals surface area contributed by atoms with Gasteiger partial charge in [0.2, 0.25) is 0 Å². The van der Waals surface area contributed by atoms with E-state index in [0.29, 0.717) is 23.1 Å². The first-order valence-corrected chi connectivity index (χ1v) is 9.60. The normalized spacial score (nSPS) is 10.4. The van der Waals surface area contributed by atoms with Crippen LogP contribution in [0.3, 0.4) is 0 Å². The summed E-state index contributed by atoms with van der Waals surface area (Å²) in [6.45, 7) is 1.99. The number of halogens is 1. The predicted octanol–water partition coefficient (Wildman–Crippen LogP) is 5.66. The number of ether oxygens (including phenoxy) is 2. The molecule has 0 spiro atoms. The molecule has 0 aliphatic rings. The van der Waals surface area contributed by atoms with Gasteiger partial charge in [0.05, 0.1) is 17.0 Å². The molecule has 3 aromatic carbocycles. The summed E-state index contributed by atoms with van der Waals surface area (Å²) in [5.41, 5.74) is 2.22. The number of hydrogen-bond acceptors (Lipinski definition) is 4. The van der Waals surface area contributed by atoms with E-state index in [4.69, 9.17) is 21.1 Å². The number of benzene rings is 3. The molecule has 0 amide bonds. The Morgan fingerprint density at radius 3 is 1.83 bits per heavy atom. The van der Waals surface area contributed by atoms with E-state index in [0.717, 1.165) is 11.1 Å². The second-order valence-electron chi connectivity index (χ2n) is 6.63. The maximum atomic E-state index is 12.5. The third kappa shape index (κ3) is 5.93. The van der Waals surface area contributed by atoms with Gasteiger partial charge in [0.15, 0.2) is 5.78 Å². The molecule has 0 heterocycles. The zero-order valence-electron chi connectivity index (χ0n) is 16.1. The second kappa shape index (κ2) is 9.89. The molecule has 0 bridgehead atoms. The van der Waals surface area contributed by atoms with E-state index in [-0.39, 0.29) is 30.2 Å². The van der Waals surface area contributed by atoms with Crippen LogP contribution in [0.1, 0.15) is 34.8 Å². The SMILES string of the molecule is CC(=O)CC(=O)c1cc(Cl)c(OCc2ccccc2)cc1OCc1ccccc1. The zero-order valence-corrected chi connectivity index (χ0v) is 16.8. The van der Waals surface area contributed by atoms with Crippen molar-refractivity contribution in [3.63, 3.8) is 0 Å². The van der Waals surface area contributed by atoms with E-state index >= 15 is 0 Å². The first kappa shape index (κ1) is 20.6. The molecule has 148 valence electrons. The van der Waals surface area contributed by atoms with Crippen LogP contribution in [0.15, 0.2) is 72.8 Å². The highest BCUT2D eigenvalue weighted by atomic mass is 35.5. The maximum absolute atomic E-state index is 12.5. The summed E-state index contributed by atoms with van der Waals surface area (Å²) >= 11 is 6.35. The maximum Gasteiger partial charge on any atom is 0.173 e. The summed E-state index contributed by atoms with van der Waals surface area (Å²) in [7, 11) is 0. The summed E-state index contributed by atoms with van der Waals surface area (Å²) in [4.78, 5) is 23.9. The molecular weight excluding hydrogens is 388 g/mol. The molecule has 3 aromatic rings. The van der Waals surface area contributed by atoms with E-state index in [1.54, 1.807) is 6.07 Å². The van der Waals surface area contributed by atoms with Crippen LogP contribution in [0.4, 0.5) is 0 Å². The van der Waals surface area contributed by atoms with Crippen molar-refractivity contribution in [2.75, 3.05) is 0 Å². The van der Waals surface area contributed by atoms with Crippen molar-refractivity contribution >= 4 is 23.2 Å². The number of carbonyl (C=O) groups is 2. The number of Topliss-reactive ketones (excluding diaryl/α,β-unsaturated/α-hetero) is 2. The Labute approximate surface area is 175 Å². The Bertz CT molecular complexity index is 985. The quantitative estimate of drug-likeness (QED) is 0.338. The summed E-state index contributed by atoms with van der Waals surface area (Å²) in [5.74, 6) is 0.201. The van der Waals surface area contributed by atoms with E-state index in [1.165, 1.54) is 13.0 Å². The molecule has 29 heavy (non-hydrogen) atoms. The Balaban J connectivity index is 1.85. The standard InChI is InChI=1S/C24H21ClO4/c1-17(26)12-22(27)20-13-21(25)24(29-16-19-10-6-3-7-11-19)14-23(20)28-15-18-8-4-2-5-9-18/h2-11,13-14H,12,15-16H2,1H3. The van der Waals surface area contributed by atoms with Crippen LogP contribution in [0.25, 0.3) is 0 Å². The lowest BCUT2D eigenvalue weighted by molar-refractivity contribution is -0.116. The lowest BCUT2D eigenvalue weighted by Gasteiger charge is -2.15. The Hall–Kier alpha value is -3.11. The molecule has 0 saturated heterocycles. The topological polar surface area (TPSA) is 52.6 Å². The van der Waals surface area contributed by atoms with E-state index in [1.807, 2.05) is 60.7 Å². The number of ketones is 2. The lowest BCUT2D eigenvalue weighted by Crippen LogP contribution is -2.09. The molecule has 5 heteroatoms. The first-order chi connectivity index (χ1) is 14.0. The van der Waals surface area contributed by atoms with Gasteiger partial charge >= 0.3 is 0 Å². The van der Waals surface area contributed by atoms with Crippen LogP contribution in [0.5, 0.6) is 11.5 Å². The van der Waals surface area contributed by atoms with Crippen molar-refractivity contribution in [1.29, 1.82) is 0 Å². The van der Waals surface area contributed by atoms with Gasteiger partial charge in [-0.15, -0.1) is 0 Å². The van der Waals surface area contributed by atoms with Crippen molar-refractivity contribution in [2.24, 2.45) is 0 Å². The summed E-state index contributed by atoms with van der Waals surface area (Å²) < 4.78 is 11.7. The van der Waals surface area contributed by atoms with Crippen LogP contribution in [0, 0.1) is 0 Å². The average Bonchev–Trinajstić information content (AvgIpc) is 2.72. The molecule has 0 N–H and O–H groups in total. The van der Waals surface area contributed by atoms with Crippen molar-refractivity contribution in [2.45, 2.75) is 26.6 Å². The molecule has 3 rings (SSSR count). The first-order valence-electron chi connectivity index (χ1n) is 9.22. The number of hydrogen-bond donors (Lipinski definition) is 0. The molecule has 0 saturated carbocycles. The zero-order chi connectivity index (χ0) is 20.6. The Morgan fingerprint density at radius 1 is 0.793 bits per heavy atom. The minimum absolute atomic E-state index is 0.206. The second-order valence-corrected chi connectivity index (χ2v) is 7.04. The predicted molar refractivity (Wildman–Crippen MR) is 113 cm³/mol. The fourth-order valence-corrected chi connectivity index (χ4v) is 2.99. The van der Waals surface area contributed by atoms with Gasteiger partial charge in [-0.1, -0.05) is 72.3 Å². The summed E-state index contributed by atoms with van der Waals surface area (Å²) in [6, 6.07) is 22.4. The van der Waals surface area contributed by atoms with Gasteiger partial charge in [0.25, 0.3) is 0 Å². The van der Waals surface area contributed by atoms with Gasteiger partial charge in [0, 0.05) is 6.07 Å². The van der Waals surface area contributed by atoms with Crippen molar-refractivity contribution < 1.29 is 19.1 Å². The summed E-state index contributed by atoms with van der Waals surface area (Å²) in [5, 5.41) is 0.292. The van der Waals surface area contributed by atoms with Gasteiger partial charge in [-0.3, -0.25) is 9.59 Å².